The monoisotopic (exact) mass is 405 g/mol. The van der Waals surface area contributed by atoms with Crippen LogP contribution < -0.4 is 5.32 Å². The minimum absolute atomic E-state index is 0.590. The van der Waals surface area contributed by atoms with E-state index in [-0.39, 0.29) is 0 Å². The summed E-state index contributed by atoms with van der Waals surface area (Å²) >= 11 is 8.95. The lowest BCUT2D eigenvalue weighted by Gasteiger charge is -2.62. The van der Waals surface area contributed by atoms with Crippen molar-refractivity contribution in [3.63, 3.8) is 0 Å². The fourth-order valence-corrected chi connectivity index (χ4v) is 6.26. The Kier molecular flexibility index (Phi) is 3.92. The average Bonchev–Trinajstić information content (AvgIpc) is 2.66. The van der Waals surface area contributed by atoms with Gasteiger partial charge in [-0.2, -0.15) is 0 Å². The van der Waals surface area contributed by atoms with Crippen molar-refractivity contribution >= 4 is 43.2 Å². The van der Waals surface area contributed by atoms with Crippen LogP contribution in [0.15, 0.2) is 14.3 Å². The van der Waals surface area contributed by atoms with Gasteiger partial charge in [0, 0.05) is 21.9 Å². The quantitative estimate of drug-likeness (QED) is 0.705. The maximum atomic E-state index is 3.80. The second kappa shape index (κ2) is 5.11. The molecule has 1 aromatic heterocycles. The Bertz CT molecular complexity index is 463. The molecule has 3 aliphatic rings. The number of hydrogen-bond acceptors (Lipinski definition) is 2. The lowest BCUT2D eigenvalue weighted by Crippen LogP contribution is -2.59. The Labute approximate surface area is 136 Å². The fraction of sp³-hybridized carbons (Fsp3) is 0.733. The fourth-order valence-electron chi connectivity index (χ4n) is 4.13. The molecule has 2 bridgehead atoms. The van der Waals surface area contributed by atoms with Crippen molar-refractivity contribution in [2.24, 2.45) is 23.2 Å². The molecule has 3 saturated carbocycles. The van der Waals surface area contributed by atoms with E-state index < -0.39 is 0 Å². The highest BCUT2D eigenvalue weighted by Gasteiger charge is 2.55. The topological polar surface area (TPSA) is 12.0 Å². The van der Waals surface area contributed by atoms with Gasteiger partial charge in [-0.3, -0.25) is 0 Å². The van der Waals surface area contributed by atoms with E-state index in [0.29, 0.717) is 11.5 Å². The number of hydrogen-bond donors (Lipinski definition) is 1. The predicted molar refractivity (Wildman–Crippen MR) is 89.5 cm³/mol. The largest absolute Gasteiger partial charge is 0.309 e. The van der Waals surface area contributed by atoms with Crippen LogP contribution in [-0.4, -0.2) is 6.04 Å². The summed E-state index contributed by atoms with van der Waals surface area (Å²) in [5.74, 6) is 2.67. The van der Waals surface area contributed by atoms with E-state index in [1.165, 1.54) is 26.0 Å². The van der Waals surface area contributed by atoms with E-state index in [2.05, 4.69) is 64.0 Å². The summed E-state index contributed by atoms with van der Waals surface area (Å²) in [6.07, 6.45) is 2.82. The van der Waals surface area contributed by atoms with Crippen molar-refractivity contribution in [3.8, 4) is 0 Å². The summed E-state index contributed by atoms with van der Waals surface area (Å²) in [4.78, 5) is 1.41. The maximum Gasteiger partial charge on any atom is 0.0843 e. The van der Waals surface area contributed by atoms with Gasteiger partial charge in [0.1, 0.15) is 0 Å². The molecule has 4 heteroatoms. The molecule has 1 N–H and O–H groups in total. The molecule has 0 aliphatic heterocycles. The minimum atomic E-state index is 0.590. The number of rotatable bonds is 3. The van der Waals surface area contributed by atoms with Gasteiger partial charge in [-0.15, -0.1) is 11.3 Å². The van der Waals surface area contributed by atoms with Crippen molar-refractivity contribution < 1.29 is 0 Å². The lowest BCUT2D eigenvalue weighted by atomic mass is 9.45. The first-order valence-corrected chi connectivity index (χ1v) is 9.47. The summed E-state index contributed by atoms with van der Waals surface area (Å²) in [5, 5.41) is 3.80. The first-order chi connectivity index (χ1) is 8.89. The molecule has 0 amide bonds. The molecule has 0 radical (unpaired) electrons. The normalized spacial score (nSPS) is 36.1. The van der Waals surface area contributed by atoms with E-state index in [1.807, 2.05) is 11.3 Å². The molecule has 3 fully saturated rings. The molecule has 106 valence electrons. The van der Waals surface area contributed by atoms with Crippen LogP contribution in [0.3, 0.4) is 0 Å². The number of thiophene rings is 1. The van der Waals surface area contributed by atoms with Crippen LogP contribution in [0.25, 0.3) is 0 Å². The highest BCUT2D eigenvalue weighted by Crippen LogP contribution is 2.61. The number of fused-ring (bicyclic) bond motifs is 2. The summed E-state index contributed by atoms with van der Waals surface area (Å²) in [6, 6.07) is 2.93. The zero-order valence-corrected chi connectivity index (χ0v) is 15.7. The first-order valence-electron chi connectivity index (χ1n) is 7.06. The second-order valence-corrected chi connectivity index (χ2v) is 10.1. The molecule has 3 aliphatic carbocycles. The van der Waals surface area contributed by atoms with Gasteiger partial charge in [0.2, 0.25) is 0 Å². The van der Waals surface area contributed by atoms with Crippen LogP contribution >= 0.6 is 43.2 Å². The first kappa shape index (κ1) is 14.6. The van der Waals surface area contributed by atoms with Gasteiger partial charge in [-0.25, -0.2) is 0 Å². The molecular weight excluding hydrogens is 386 g/mol. The zero-order chi connectivity index (χ0) is 13.8. The molecule has 4 unspecified atom stereocenters. The molecule has 1 aromatic rings. The highest BCUT2D eigenvalue weighted by molar-refractivity contribution is 9.13. The summed E-state index contributed by atoms with van der Waals surface area (Å²) < 4.78 is 2.37. The number of halogens is 2. The van der Waals surface area contributed by atoms with Crippen LogP contribution in [0, 0.1) is 23.2 Å². The van der Waals surface area contributed by atoms with Gasteiger partial charge >= 0.3 is 0 Å². The van der Waals surface area contributed by atoms with Crippen LogP contribution in [0.4, 0.5) is 0 Å². The van der Waals surface area contributed by atoms with Crippen LogP contribution in [0.1, 0.15) is 38.5 Å². The van der Waals surface area contributed by atoms with Gasteiger partial charge in [0.15, 0.2) is 0 Å². The lowest BCUT2D eigenvalue weighted by molar-refractivity contribution is -0.115. The van der Waals surface area contributed by atoms with Gasteiger partial charge in [-0.1, -0.05) is 20.8 Å². The van der Waals surface area contributed by atoms with Crippen LogP contribution in [-0.2, 0) is 6.54 Å². The van der Waals surface area contributed by atoms with E-state index in [9.17, 15) is 0 Å². The van der Waals surface area contributed by atoms with Crippen molar-refractivity contribution in [1.82, 2.24) is 5.32 Å². The highest BCUT2D eigenvalue weighted by atomic mass is 79.9. The van der Waals surface area contributed by atoms with E-state index in [1.54, 1.807) is 0 Å². The Morgan fingerprint density at radius 1 is 1.37 bits per heavy atom. The van der Waals surface area contributed by atoms with Gasteiger partial charge in [0.05, 0.1) is 3.79 Å². The van der Waals surface area contributed by atoms with Crippen molar-refractivity contribution in [3.05, 3.63) is 19.2 Å². The molecule has 1 heterocycles. The minimum Gasteiger partial charge on any atom is -0.309 e. The third-order valence-electron chi connectivity index (χ3n) is 5.59. The van der Waals surface area contributed by atoms with Crippen molar-refractivity contribution in [2.45, 2.75) is 46.2 Å². The Morgan fingerprint density at radius 3 is 2.63 bits per heavy atom. The molecule has 0 saturated heterocycles. The molecule has 1 nitrogen and oxygen atoms in total. The van der Waals surface area contributed by atoms with Gasteiger partial charge in [0.25, 0.3) is 0 Å². The molecule has 4 rings (SSSR count). The summed E-state index contributed by atoms with van der Waals surface area (Å²) in [6.45, 7) is 8.38. The standard InChI is InChI=1S/C15H21Br2NS/c1-8-11-4-9(15(11,2)3)5-13(8)18-7-10-6-12(16)14(17)19-10/h6,8-9,11,13,18H,4-5,7H2,1-3H3. The zero-order valence-electron chi connectivity index (χ0n) is 11.7. The van der Waals surface area contributed by atoms with Crippen LogP contribution in [0.2, 0.25) is 0 Å². The Morgan fingerprint density at radius 2 is 2.11 bits per heavy atom. The summed E-state index contributed by atoms with van der Waals surface area (Å²) in [7, 11) is 0. The van der Waals surface area contributed by atoms with Crippen LogP contribution in [0.5, 0.6) is 0 Å². The summed E-state index contributed by atoms with van der Waals surface area (Å²) in [5.41, 5.74) is 0.590. The molecule has 4 atom stereocenters. The molecule has 19 heavy (non-hydrogen) atoms. The molecule has 0 aromatic carbocycles. The second-order valence-electron chi connectivity index (χ2n) is 6.78. The van der Waals surface area contributed by atoms with E-state index >= 15 is 0 Å². The third-order valence-corrected chi connectivity index (χ3v) is 8.85. The van der Waals surface area contributed by atoms with Gasteiger partial charge < -0.3 is 5.32 Å². The van der Waals surface area contributed by atoms with E-state index in [0.717, 1.165) is 24.3 Å². The molecular formula is C15H21Br2NS. The van der Waals surface area contributed by atoms with Gasteiger partial charge in [-0.05, 0) is 73.9 Å². The maximum absolute atomic E-state index is 3.80. The average molecular weight is 407 g/mol. The van der Waals surface area contributed by atoms with Crippen molar-refractivity contribution in [1.29, 1.82) is 0 Å². The predicted octanol–water partition coefficient (Wildman–Crippen LogP) is 5.43. The van der Waals surface area contributed by atoms with Crippen molar-refractivity contribution in [2.75, 3.05) is 0 Å². The molecule has 0 spiro atoms. The SMILES string of the molecule is CC1C(NCc2cc(Br)c(Br)s2)CC2CC1C2(C)C. The Balaban J connectivity index is 1.60. The number of nitrogens with one attached hydrogen (secondary N) is 1. The Hall–Kier alpha value is 0.620. The van der Waals surface area contributed by atoms with E-state index in [4.69, 9.17) is 0 Å². The smallest absolute Gasteiger partial charge is 0.0843 e. The third kappa shape index (κ3) is 2.47.